The highest BCUT2D eigenvalue weighted by Gasteiger charge is 2.21. The molecule has 0 unspecified atom stereocenters. The highest BCUT2D eigenvalue weighted by atomic mass is 16.3. The number of phenols is 1. The maximum absolute atomic E-state index is 10.8. The maximum atomic E-state index is 10.8. The molecule has 0 amide bonds. The molecule has 51 heavy (non-hydrogen) atoms. The van der Waals surface area contributed by atoms with Crippen molar-refractivity contribution < 1.29 is 5.11 Å². The average molecular weight is 638 g/mol. The molecular weight excluding hydrogens is 612 g/mol. The fourth-order valence-corrected chi connectivity index (χ4v) is 7.84. The molecule has 0 heterocycles. The van der Waals surface area contributed by atoms with Gasteiger partial charge in [-0.25, -0.2) is 0 Å². The van der Waals surface area contributed by atoms with Crippen LogP contribution in [0, 0.1) is 0 Å². The lowest BCUT2D eigenvalue weighted by atomic mass is 9.65. The monoisotopic (exact) mass is 638 g/mol. The molecule has 0 aliphatic heterocycles. The molecule has 1 nitrogen and oxygen atoms in total. The zero-order valence-corrected chi connectivity index (χ0v) is 27.7. The summed E-state index contributed by atoms with van der Waals surface area (Å²) in [6.07, 6.45) is 0. The third-order valence-corrected chi connectivity index (χ3v) is 10.2. The molecule has 0 fully saturated rings. The highest BCUT2D eigenvalue weighted by molar-refractivity contribution is 6.62. The molecule has 0 saturated heterocycles. The van der Waals surface area contributed by atoms with Gasteiger partial charge in [-0.1, -0.05) is 144 Å². The average Bonchev–Trinajstić information content (AvgIpc) is 3.18. The van der Waals surface area contributed by atoms with Gasteiger partial charge in [0.15, 0.2) is 0 Å². The van der Waals surface area contributed by atoms with Crippen molar-refractivity contribution in [3.8, 4) is 50.3 Å². The molecule has 8 radical (unpaired) electrons. The van der Waals surface area contributed by atoms with Crippen LogP contribution in [0.1, 0.15) is 0 Å². The molecule has 0 atom stereocenters. The van der Waals surface area contributed by atoms with E-state index in [1.165, 1.54) is 27.5 Å². The van der Waals surface area contributed by atoms with Gasteiger partial charge < -0.3 is 5.11 Å². The van der Waals surface area contributed by atoms with Gasteiger partial charge in [-0.05, 0) is 111 Å². The smallest absolute Gasteiger partial charge is 0.119 e. The van der Waals surface area contributed by atoms with Gasteiger partial charge in [-0.2, -0.15) is 0 Å². The number of fused-ring (bicyclic) bond motifs is 4. The Morgan fingerprint density at radius 1 is 0.314 bits per heavy atom. The summed E-state index contributed by atoms with van der Waals surface area (Å²) in [5.41, 5.74) is 8.42. The van der Waals surface area contributed by atoms with Crippen molar-refractivity contribution in [3.05, 3.63) is 152 Å². The van der Waals surface area contributed by atoms with Gasteiger partial charge in [-0.3, -0.25) is 0 Å². The first-order valence-electron chi connectivity index (χ1n) is 16.9. The largest absolute Gasteiger partial charge is 0.509 e. The summed E-state index contributed by atoms with van der Waals surface area (Å²) in [6.45, 7) is 0. The van der Waals surface area contributed by atoms with Crippen LogP contribution < -0.4 is 21.9 Å². The van der Waals surface area contributed by atoms with Crippen LogP contribution in [0.3, 0.4) is 0 Å². The minimum absolute atomic E-state index is 0.0214. The fraction of sp³-hybridized carbons (Fsp3) is 0. The predicted molar refractivity (Wildman–Crippen MR) is 221 cm³/mol. The van der Waals surface area contributed by atoms with Crippen LogP contribution in [-0.2, 0) is 0 Å². The SMILES string of the molecule is [B]c1c([B])c(O)c([B])c(-c2cc(-c3c4ccccc4c(-c4cccc(-c5cccc6ccccc56)c4)c4ccccc34)c3ccccc3c2)c1[B]. The number of hydrogen-bond donors (Lipinski definition) is 1. The van der Waals surface area contributed by atoms with E-state index in [1.807, 2.05) is 12.1 Å². The van der Waals surface area contributed by atoms with E-state index in [-0.39, 0.29) is 27.6 Å². The first kappa shape index (κ1) is 31.1. The van der Waals surface area contributed by atoms with Crippen LogP contribution >= 0.6 is 0 Å². The Morgan fingerprint density at radius 2 is 0.824 bits per heavy atom. The molecule has 9 rings (SSSR count). The van der Waals surface area contributed by atoms with E-state index in [4.69, 9.17) is 31.4 Å². The van der Waals surface area contributed by atoms with Gasteiger partial charge in [0.25, 0.3) is 0 Å². The van der Waals surface area contributed by atoms with Crippen LogP contribution in [0.4, 0.5) is 0 Å². The van der Waals surface area contributed by atoms with Crippen molar-refractivity contribution in [2.45, 2.75) is 0 Å². The van der Waals surface area contributed by atoms with Gasteiger partial charge >= 0.3 is 0 Å². The zero-order chi connectivity index (χ0) is 34.8. The van der Waals surface area contributed by atoms with Crippen molar-refractivity contribution in [2.75, 3.05) is 0 Å². The molecule has 0 aromatic heterocycles. The molecule has 0 aliphatic carbocycles. The molecule has 1 N–H and O–H groups in total. The summed E-state index contributed by atoms with van der Waals surface area (Å²) < 4.78 is 0. The third-order valence-electron chi connectivity index (χ3n) is 10.2. The maximum Gasteiger partial charge on any atom is 0.119 e. The Kier molecular flexibility index (Phi) is 7.40. The first-order chi connectivity index (χ1) is 24.9. The van der Waals surface area contributed by atoms with E-state index >= 15 is 0 Å². The quantitative estimate of drug-likeness (QED) is 0.154. The highest BCUT2D eigenvalue weighted by Crippen LogP contribution is 2.46. The van der Waals surface area contributed by atoms with E-state index in [1.54, 1.807) is 0 Å². The van der Waals surface area contributed by atoms with Crippen molar-refractivity contribution in [3.63, 3.8) is 0 Å². The second kappa shape index (κ2) is 12.1. The van der Waals surface area contributed by atoms with E-state index < -0.39 is 0 Å². The Morgan fingerprint density at radius 3 is 1.49 bits per heavy atom. The van der Waals surface area contributed by atoms with Crippen molar-refractivity contribution in [1.29, 1.82) is 0 Å². The lowest BCUT2D eigenvalue weighted by molar-refractivity contribution is 0.484. The summed E-state index contributed by atoms with van der Waals surface area (Å²) in [6, 6.07) is 53.6. The molecule has 0 saturated carbocycles. The van der Waals surface area contributed by atoms with Gasteiger partial charge in [0.05, 0.1) is 0 Å². The summed E-state index contributed by atoms with van der Waals surface area (Å²) >= 11 is 0. The Hall–Kier alpha value is -5.92. The predicted octanol–water partition coefficient (Wildman–Crippen LogP) is 7.85. The zero-order valence-electron chi connectivity index (χ0n) is 27.7. The number of rotatable bonds is 4. The van der Waals surface area contributed by atoms with E-state index in [9.17, 15) is 5.11 Å². The lowest BCUT2D eigenvalue weighted by Gasteiger charge is -2.22. The van der Waals surface area contributed by atoms with Gasteiger partial charge in [0.1, 0.15) is 37.1 Å². The van der Waals surface area contributed by atoms with E-state index in [0.29, 0.717) is 5.56 Å². The van der Waals surface area contributed by atoms with Gasteiger partial charge in [-0.15, -0.1) is 5.46 Å². The number of hydrogen-bond acceptors (Lipinski definition) is 1. The second-order valence-corrected chi connectivity index (χ2v) is 13.1. The van der Waals surface area contributed by atoms with E-state index in [0.717, 1.165) is 54.6 Å². The number of benzene rings is 9. The van der Waals surface area contributed by atoms with E-state index in [2.05, 4.69) is 140 Å². The topological polar surface area (TPSA) is 20.2 Å². The normalized spacial score (nSPS) is 11.5. The minimum Gasteiger partial charge on any atom is -0.509 e. The second-order valence-electron chi connectivity index (χ2n) is 13.1. The van der Waals surface area contributed by atoms with Crippen molar-refractivity contribution in [1.82, 2.24) is 0 Å². The molecule has 9 aromatic rings. The van der Waals surface area contributed by atoms with Crippen LogP contribution in [0.5, 0.6) is 5.75 Å². The Labute approximate surface area is 302 Å². The molecule has 0 aliphatic rings. The van der Waals surface area contributed by atoms with Crippen LogP contribution in [0.15, 0.2) is 152 Å². The summed E-state index contributed by atoms with van der Waals surface area (Å²) in [5.74, 6) is -0.266. The van der Waals surface area contributed by atoms with Crippen LogP contribution in [-0.4, -0.2) is 36.5 Å². The van der Waals surface area contributed by atoms with Gasteiger partial charge in [0, 0.05) is 0 Å². The molecule has 5 heteroatoms. The van der Waals surface area contributed by atoms with Gasteiger partial charge in [0.2, 0.25) is 0 Å². The molecular formula is C46H26B4O. The molecule has 228 valence electrons. The first-order valence-corrected chi connectivity index (χ1v) is 16.9. The Balaban J connectivity index is 1.35. The number of phenolic OH excluding ortho intramolecular Hbond substituents is 1. The summed E-state index contributed by atoms with van der Waals surface area (Å²) in [4.78, 5) is 0. The van der Waals surface area contributed by atoms with Crippen molar-refractivity contribution in [2.24, 2.45) is 0 Å². The summed E-state index contributed by atoms with van der Waals surface area (Å²) in [7, 11) is 25.4. The minimum atomic E-state index is -0.266. The molecule has 9 aromatic carbocycles. The molecule has 0 bridgehead atoms. The van der Waals surface area contributed by atoms with Crippen LogP contribution in [0.25, 0.3) is 87.6 Å². The fourth-order valence-electron chi connectivity index (χ4n) is 7.84. The van der Waals surface area contributed by atoms with Crippen molar-refractivity contribution >= 4 is 96.3 Å². The number of aromatic hydroxyl groups is 1. The Bertz CT molecular complexity index is 2780. The summed E-state index contributed by atoms with van der Waals surface area (Å²) in [5, 5.41) is 19.9. The van der Waals surface area contributed by atoms with Crippen LogP contribution in [0.2, 0.25) is 0 Å². The lowest BCUT2D eigenvalue weighted by Crippen LogP contribution is -2.44. The third kappa shape index (κ3) is 4.91. The molecule has 0 spiro atoms. The standard InChI is InChI=1S/C46H26B4O/c47-42-40(43(48)46(51)45(50)44(42)49)30-24-27-12-2-4-17-33(27)38(25-30)41-36-20-7-5-18-34(36)39(35-19-6-8-21-37(35)41)29-15-9-14-28(23-29)32-22-10-13-26-11-1-3-16-31(26)32/h1-25,51H.